The Hall–Kier alpha value is -1.47. The highest BCUT2D eigenvalue weighted by atomic mass is 79.9. The Balaban J connectivity index is 1.29. The van der Waals surface area contributed by atoms with E-state index in [0.717, 1.165) is 5.69 Å². The predicted octanol–water partition coefficient (Wildman–Crippen LogP) is 5.62. The van der Waals surface area contributed by atoms with Crippen LogP contribution in [0.1, 0.15) is 30.3 Å². The third-order valence-electron chi connectivity index (χ3n) is 5.25. The van der Waals surface area contributed by atoms with Gasteiger partial charge in [-0.3, -0.25) is 9.69 Å². The second-order valence-corrected chi connectivity index (χ2v) is 9.03. The Kier molecular flexibility index (Phi) is 6.06. The molecule has 0 bridgehead atoms. The van der Waals surface area contributed by atoms with E-state index in [-0.39, 0.29) is 18.9 Å². The third-order valence-corrected chi connectivity index (χ3v) is 6.68. The first kappa shape index (κ1) is 18.0. The Morgan fingerprint density at radius 2 is 2.00 bits per heavy atom. The Labute approximate surface area is 207 Å². The highest BCUT2D eigenvalue weighted by molar-refractivity contribution is 9.10. The molecule has 5 nitrogen and oxygen atoms in total. The van der Waals surface area contributed by atoms with E-state index in [1.54, 1.807) is 18.2 Å². The van der Waals surface area contributed by atoms with Gasteiger partial charge in [0.1, 0.15) is 5.75 Å². The maximum atomic E-state index is 11.8. The molecule has 2 aliphatic rings. The summed E-state index contributed by atoms with van der Waals surface area (Å²) in [5.74, 6) is 0.107. The van der Waals surface area contributed by atoms with Gasteiger partial charge in [-0.05, 0) is 65.4 Å². The van der Waals surface area contributed by atoms with E-state index in [1.165, 1.54) is 0 Å². The molecule has 0 radical (unpaired) electrons. The fourth-order valence-electron chi connectivity index (χ4n) is 3.62. The zero-order chi connectivity index (χ0) is 25.4. The number of carbonyl (C=O) groups excluding carboxylic acids is 1. The largest absolute Gasteiger partial charge is 0.492 e. The topological polar surface area (TPSA) is 44.8 Å². The van der Waals surface area contributed by atoms with Gasteiger partial charge in [0.15, 0.2) is 0 Å². The van der Waals surface area contributed by atoms with Gasteiger partial charge in [-0.15, -0.1) is 0 Å². The molecule has 0 aliphatic carbocycles. The number of nitrogens with zero attached hydrogens (tertiary/aromatic N) is 2. The molecular formula is C23H26BrCl2N3O2. The van der Waals surface area contributed by atoms with E-state index in [1.807, 2.05) is 17.0 Å². The number of fused-ring (bicyclic) bond motifs is 1. The molecule has 166 valence electrons. The number of anilines is 2. The van der Waals surface area contributed by atoms with Crippen molar-refractivity contribution in [3.05, 3.63) is 50.4 Å². The van der Waals surface area contributed by atoms with Crippen LogP contribution in [0.25, 0.3) is 0 Å². The van der Waals surface area contributed by atoms with Crippen molar-refractivity contribution in [2.75, 3.05) is 49.5 Å². The number of piperazine rings is 1. The summed E-state index contributed by atoms with van der Waals surface area (Å²) in [6.07, 6.45) is -1.17. The molecule has 0 unspecified atom stereocenters. The Morgan fingerprint density at radius 1 is 1.19 bits per heavy atom. The molecule has 8 heteroatoms. The zero-order valence-electron chi connectivity index (χ0n) is 20.9. The van der Waals surface area contributed by atoms with E-state index in [4.69, 9.17) is 33.4 Å². The molecule has 0 atom stereocenters. The molecule has 2 aromatic carbocycles. The lowest BCUT2D eigenvalue weighted by Gasteiger charge is -2.36. The fourth-order valence-corrected chi connectivity index (χ4v) is 4.49. The van der Waals surface area contributed by atoms with Crippen LogP contribution in [0.4, 0.5) is 11.4 Å². The van der Waals surface area contributed by atoms with Gasteiger partial charge in [0.2, 0.25) is 5.91 Å². The van der Waals surface area contributed by atoms with Gasteiger partial charge < -0.3 is 15.0 Å². The Bertz CT molecular complexity index is 1110. The van der Waals surface area contributed by atoms with Crippen LogP contribution in [0, 0.1) is 0 Å². The molecule has 1 N–H and O–H groups in total. The normalized spacial score (nSPS) is 20.7. The van der Waals surface area contributed by atoms with E-state index in [9.17, 15) is 4.79 Å². The first-order valence-corrected chi connectivity index (χ1v) is 11.7. The minimum atomic E-state index is -1.74. The van der Waals surface area contributed by atoms with Crippen molar-refractivity contribution in [3.63, 3.8) is 0 Å². The molecule has 31 heavy (non-hydrogen) atoms. The van der Waals surface area contributed by atoms with Crippen molar-refractivity contribution in [1.82, 2.24) is 4.90 Å². The monoisotopic (exact) mass is 529 g/mol. The van der Waals surface area contributed by atoms with E-state index >= 15 is 0 Å². The van der Waals surface area contributed by atoms with E-state index in [2.05, 4.69) is 26.1 Å². The smallest absolute Gasteiger partial charge is 0.224 e. The molecule has 0 aromatic heterocycles. The van der Waals surface area contributed by atoms with Gasteiger partial charge in [-0.25, -0.2) is 0 Å². The summed E-state index contributed by atoms with van der Waals surface area (Å²) in [6, 6.07) is 8.79. The van der Waals surface area contributed by atoms with Crippen molar-refractivity contribution in [1.29, 1.82) is 0 Å². The highest BCUT2D eigenvalue weighted by Crippen LogP contribution is 2.35. The molecular weight excluding hydrogens is 501 g/mol. The molecule has 2 aromatic rings. The van der Waals surface area contributed by atoms with Gasteiger partial charge in [0, 0.05) is 49.8 Å². The van der Waals surface area contributed by atoms with Crippen LogP contribution in [-0.2, 0) is 11.2 Å². The predicted molar refractivity (Wildman–Crippen MR) is 131 cm³/mol. The first-order valence-electron chi connectivity index (χ1n) is 12.2. The molecule has 0 saturated carbocycles. The summed E-state index contributed by atoms with van der Waals surface area (Å²) < 4.78 is 39.8. The maximum absolute atomic E-state index is 11.8. The second-order valence-electron chi connectivity index (χ2n) is 7.39. The molecule has 1 amide bonds. The van der Waals surface area contributed by atoms with Crippen molar-refractivity contribution < 1.29 is 15.0 Å². The summed E-state index contributed by atoms with van der Waals surface area (Å²) in [6.45, 7) is 1.23. The number of rotatable bonds is 7. The number of hydrogen-bond donors (Lipinski definition) is 1. The average Bonchev–Trinajstić information content (AvgIpc) is 2.79. The van der Waals surface area contributed by atoms with Gasteiger partial charge in [0.25, 0.3) is 0 Å². The zero-order valence-corrected chi connectivity index (χ0v) is 20.0. The molecule has 1 fully saturated rings. The number of hydrogen-bond acceptors (Lipinski definition) is 4. The molecule has 2 heterocycles. The van der Waals surface area contributed by atoms with Gasteiger partial charge in [-0.2, -0.15) is 0 Å². The van der Waals surface area contributed by atoms with Crippen LogP contribution in [-0.4, -0.2) is 50.1 Å². The number of amides is 1. The van der Waals surface area contributed by atoms with Crippen LogP contribution in [0.3, 0.4) is 0 Å². The van der Waals surface area contributed by atoms with Gasteiger partial charge in [-0.1, -0.05) is 29.3 Å². The fraction of sp³-hybridized carbons (Fsp3) is 0.435. The number of carbonyl (C=O) groups is 1. The lowest BCUT2D eigenvalue weighted by atomic mass is 10.0. The molecule has 2 aliphatic heterocycles. The van der Waals surface area contributed by atoms with Crippen molar-refractivity contribution in [2.24, 2.45) is 0 Å². The average molecular weight is 531 g/mol. The summed E-state index contributed by atoms with van der Waals surface area (Å²) in [4.78, 5) is 15.8. The van der Waals surface area contributed by atoms with E-state index in [0.29, 0.717) is 70.5 Å². The van der Waals surface area contributed by atoms with Crippen LogP contribution in [0.5, 0.6) is 5.75 Å². The summed E-state index contributed by atoms with van der Waals surface area (Å²) >= 11 is 15.9. The molecule has 4 rings (SSSR count). The van der Waals surface area contributed by atoms with Crippen molar-refractivity contribution in [3.8, 4) is 5.75 Å². The summed E-state index contributed by atoms with van der Waals surface area (Å²) in [7, 11) is 0. The SMILES string of the molecule is [2H]C1([2H])CC(=O)Nc2cc(OCCCC([2H])([2H])N3CCN(c4cccc(Cl)c4Cl)CC3)c(Br)cc21. The number of aryl methyl sites for hydroxylation is 1. The van der Waals surface area contributed by atoms with Gasteiger partial charge in [0.05, 0.1) is 26.8 Å². The first-order chi connectivity index (χ1) is 16.5. The van der Waals surface area contributed by atoms with Crippen LogP contribution in [0.2, 0.25) is 10.0 Å². The number of ether oxygens (including phenoxy) is 1. The second kappa shape index (κ2) is 10.4. The minimum absolute atomic E-state index is 0.220. The highest BCUT2D eigenvalue weighted by Gasteiger charge is 2.20. The van der Waals surface area contributed by atoms with E-state index < -0.39 is 12.9 Å². The van der Waals surface area contributed by atoms with Crippen LogP contribution in [0.15, 0.2) is 34.8 Å². The Morgan fingerprint density at radius 3 is 2.81 bits per heavy atom. The third kappa shape index (κ3) is 5.67. The number of benzene rings is 2. The maximum Gasteiger partial charge on any atom is 0.224 e. The van der Waals surface area contributed by atoms with Gasteiger partial charge >= 0.3 is 0 Å². The molecule has 0 spiro atoms. The molecule has 1 saturated heterocycles. The van der Waals surface area contributed by atoms with Crippen LogP contribution < -0.4 is 15.0 Å². The lowest BCUT2D eigenvalue weighted by Crippen LogP contribution is -2.46. The lowest BCUT2D eigenvalue weighted by molar-refractivity contribution is -0.116. The summed E-state index contributed by atoms with van der Waals surface area (Å²) in [5, 5.41) is 3.72. The minimum Gasteiger partial charge on any atom is -0.492 e. The van der Waals surface area contributed by atoms with Crippen LogP contribution >= 0.6 is 39.1 Å². The van der Waals surface area contributed by atoms with Crippen molar-refractivity contribution >= 4 is 56.4 Å². The summed E-state index contributed by atoms with van der Waals surface area (Å²) in [5.41, 5.74) is 1.68. The number of nitrogens with one attached hydrogen (secondary N) is 1. The standard InChI is InChI=1S/C23H26BrCl2N3O2/c24-17-14-16-6-7-22(30)27-19(16)15-21(17)31-13-2-1-8-28-9-11-29(12-10-28)20-5-3-4-18(25)23(20)26/h3-5,14-15H,1-2,6-13H2,(H,27,30)/i6D2,8D2. The number of halogens is 3. The van der Waals surface area contributed by atoms with Crippen molar-refractivity contribution in [2.45, 2.75) is 25.6 Å². The quantitative estimate of drug-likeness (QED) is 0.472.